The van der Waals surface area contributed by atoms with Gasteiger partial charge in [-0.15, -0.1) is 0 Å². The molecule has 0 bridgehead atoms. The molecule has 1 heterocycles. The number of ketones is 1. The first-order valence-electron chi connectivity index (χ1n) is 8.73. The van der Waals surface area contributed by atoms with Crippen LogP contribution in [0.1, 0.15) is 23.6 Å². The van der Waals surface area contributed by atoms with Gasteiger partial charge in [-0.2, -0.15) is 0 Å². The number of aliphatic hydroxyl groups excluding tert-OH is 1. The van der Waals surface area contributed by atoms with Crippen LogP contribution in [0, 0.1) is 5.82 Å². The first-order chi connectivity index (χ1) is 13.5. The molecule has 146 valence electrons. The van der Waals surface area contributed by atoms with Crippen LogP contribution in [0.4, 0.5) is 4.39 Å². The lowest BCUT2D eigenvalue weighted by Crippen LogP contribution is -2.31. The predicted molar refractivity (Wildman–Crippen MR) is 103 cm³/mol. The largest absolute Gasteiger partial charge is 0.507 e. The molecule has 1 atom stereocenters. The van der Waals surface area contributed by atoms with Gasteiger partial charge in [0.1, 0.15) is 11.6 Å². The average Bonchev–Trinajstić information content (AvgIpc) is 2.93. The van der Waals surface area contributed by atoms with E-state index in [1.165, 1.54) is 42.3 Å². The van der Waals surface area contributed by atoms with Crippen molar-refractivity contribution in [2.24, 2.45) is 0 Å². The molecule has 28 heavy (non-hydrogen) atoms. The number of nitrogens with zero attached hydrogens (tertiary/aromatic N) is 1. The van der Waals surface area contributed by atoms with Gasteiger partial charge in [0.15, 0.2) is 0 Å². The summed E-state index contributed by atoms with van der Waals surface area (Å²) in [5.41, 5.74) is 0.324. The third-order valence-electron chi connectivity index (χ3n) is 4.60. The Morgan fingerprint density at radius 2 is 1.86 bits per heavy atom. The van der Waals surface area contributed by atoms with Crippen molar-refractivity contribution in [2.45, 2.75) is 12.5 Å². The Morgan fingerprint density at radius 3 is 2.50 bits per heavy atom. The summed E-state index contributed by atoms with van der Waals surface area (Å²) in [6.45, 7) is 0.568. The Labute approximate surface area is 167 Å². The zero-order valence-electron chi connectivity index (χ0n) is 15.2. The Hall–Kier alpha value is -2.70. The zero-order chi connectivity index (χ0) is 20.3. The van der Waals surface area contributed by atoms with Crippen LogP contribution in [0.15, 0.2) is 54.1 Å². The van der Waals surface area contributed by atoms with Crippen LogP contribution in [0.25, 0.3) is 5.76 Å². The molecule has 1 fully saturated rings. The molecule has 1 aliphatic heterocycles. The smallest absolute Gasteiger partial charge is 0.295 e. The quantitative estimate of drug-likeness (QED) is 0.343. The van der Waals surface area contributed by atoms with Gasteiger partial charge >= 0.3 is 0 Å². The highest BCUT2D eigenvalue weighted by Gasteiger charge is 2.46. The van der Waals surface area contributed by atoms with Gasteiger partial charge in [-0.05, 0) is 36.8 Å². The molecule has 0 aromatic heterocycles. The van der Waals surface area contributed by atoms with E-state index in [1.54, 1.807) is 18.2 Å². The zero-order valence-corrected chi connectivity index (χ0v) is 15.9. The number of Topliss-reactive ketones (excluding diaryl/α,β-unsaturated/α-hetero) is 1. The van der Waals surface area contributed by atoms with Crippen LogP contribution < -0.4 is 0 Å². The van der Waals surface area contributed by atoms with Crippen molar-refractivity contribution in [3.8, 4) is 0 Å². The lowest BCUT2D eigenvalue weighted by atomic mass is 9.95. The number of ether oxygens (including phenoxy) is 1. The Morgan fingerprint density at radius 1 is 1.18 bits per heavy atom. The molecule has 1 saturated heterocycles. The molecule has 0 aliphatic carbocycles. The van der Waals surface area contributed by atoms with Crippen LogP contribution in [0.3, 0.4) is 0 Å². The summed E-state index contributed by atoms with van der Waals surface area (Å²) in [5.74, 6) is -2.55. The summed E-state index contributed by atoms with van der Waals surface area (Å²) in [4.78, 5) is 26.7. The summed E-state index contributed by atoms with van der Waals surface area (Å²) >= 11 is 5.88. The van der Waals surface area contributed by atoms with E-state index in [-0.39, 0.29) is 23.4 Å². The maximum absolute atomic E-state index is 14.6. The van der Waals surface area contributed by atoms with Crippen LogP contribution >= 0.6 is 11.6 Å². The number of hydrogen-bond acceptors (Lipinski definition) is 4. The van der Waals surface area contributed by atoms with E-state index in [2.05, 4.69) is 0 Å². The monoisotopic (exact) mass is 403 g/mol. The van der Waals surface area contributed by atoms with Crippen LogP contribution in [0.5, 0.6) is 0 Å². The second kappa shape index (κ2) is 8.54. The average molecular weight is 404 g/mol. The number of likely N-dealkylation sites (tertiary alicyclic amines) is 1. The van der Waals surface area contributed by atoms with Crippen molar-refractivity contribution in [1.82, 2.24) is 4.90 Å². The maximum atomic E-state index is 14.6. The van der Waals surface area contributed by atoms with Crippen LogP contribution in [0.2, 0.25) is 5.02 Å². The van der Waals surface area contributed by atoms with Gasteiger partial charge in [0.2, 0.25) is 0 Å². The number of carbonyl (C=O) groups excluding carboxylic acids is 2. The Bertz CT molecular complexity index is 926. The minimum atomic E-state index is -1.02. The fraction of sp³-hybridized carbons (Fsp3) is 0.238. The summed E-state index contributed by atoms with van der Waals surface area (Å²) < 4.78 is 19.6. The Balaban J connectivity index is 2.14. The Kier molecular flexibility index (Phi) is 6.11. The SMILES string of the molecule is COCCCN1C(=O)C(=O)/C(=C(/O)c2ccc(Cl)cc2)C1c1ccccc1F. The van der Waals surface area contributed by atoms with E-state index in [0.717, 1.165) is 0 Å². The van der Waals surface area contributed by atoms with Crippen LogP contribution in [-0.4, -0.2) is 42.0 Å². The maximum Gasteiger partial charge on any atom is 0.295 e. The van der Waals surface area contributed by atoms with Gasteiger partial charge in [0.25, 0.3) is 11.7 Å². The fourth-order valence-corrected chi connectivity index (χ4v) is 3.40. The molecule has 1 unspecified atom stereocenters. The number of halogens is 2. The van der Waals surface area contributed by atoms with E-state index in [1.807, 2.05) is 0 Å². The summed E-state index contributed by atoms with van der Waals surface area (Å²) in [6, 6.07) is 11.1. The van der Waals surface area contributed by atoms with Crippen LogP contribution in [-0.2, 0) is 14.3 Å². The van der Waals surface area contributed by atoms with Gasteiger partial charge in [-0.3, -0.25) is 9.59 Å². The molecule has 5 nitrogen and oxygen atoms in total. The first-order valence-corrected chi connectivity index (χ1v) is 9.11. The fourth-order valence-electron chi connectivity index (χ4n) is 3.27. The predicted octanol–water partition coefficient (Wildman–Crippen LogP) is 3.94. The molecule has 0 spiro atoms. The molecular weight excluding hydrogens is 385 g/mol. The number of hydrogen-bond donors (Lipinski definition) is 1. The number of carbonyl (C=O) groups is 2. The van der Waals surface area contributed by atoms with Gasteiger partial charge in [-0.1, -0.05) is 29.8 Å². The molecule has 0 radical (unpaired) electrons. The van der Waals surface area contributed by atoms with Gasteiger partial charge in [0, 0.05) is 36.4 Å². The lowest BCUT2D eigenvalue weighted by molar-refractivity contribution is -0.140. The van der Waals surface area contributed by atoms with E-state index in [9.17, 15) is 19.1 Å². The van der Waals surface area contributed by atoms with Gasteiger partial charge < -0.3 is 14.7 Å². The van der Waals surface area contributed by atoms with Crippen molar-refractivity contribution in [1.29, 1.82) is 0 Å². The highest BCUT2D eigenvalue weighted by molar-refractivity contribution is 6.46. The second-order valence-corrected chi connectivity index (χ2v) is 6.80. The third kappa shape index (κ3) is 3.79. The molecule has 2 aromatic carbocycles. The molecule has 3 rings (SSSR count). The molecule has 7 heteroatoms. The minimum Gasteiger partial charge on any atom is -0.507 e. The molecule has 1 amide bonds. The third-order valence-corrected chi connectivity index (χ3v) is 4.86. The van der Waals surface area contributed by atoms with E-state index in [4.69, 9.17) is 16.3 Å². The first kappa shape index (κ1) is 20.0. The second-order valence-electron chi connectivity index (χ2n) is 6.37. The topological polar surface area (TPSA) is 66.8 Å². The summed E-state index contributed by atoms with van der Waals surface area (Å²) in [7, 11) is 1.53. The number of benzene rings is 2. The number of aliphatic hydroxyl groups is 1. The molecule has 1 aliphatic rings. The van der Waals surface area contributed by atoms with Crippen molar-refractivity contribution in [3.05, 3.63) is 76.1 Å². The van der Waals surface area contributed by atoms with Crippen molar-refractivity contribution >= 4 is 29.1 Å². The molecular formula is C21H19ClFNO4. The van der Waals surface area contributed by atoms with Crippen molar-refractivity contribution in [3.63, 3.8) is 0 Å². The van der Waals surface area contributed by atoms with Crippen molar-refractivity contribution in [2.75, 3.05) is 20.3 Å². The molecule has 1 N–H and O–H groups in total. The molecule has 2 aromatic rings. The minimum absolute atomic E-state index is 0.144. The lowest BCUT2D eigenvalue weighted by Gasteiger charge is -2.25. The highest BCUT2D eigenvalue weighted by Crippen LogP contribution is 2.40. The molecule has 0 saturated carbocycles. The number of amides is 1. The standard InChI is InChI=1S/C21H19ClFNO4/c1-28-12-4-11-24-18(15-5-2-3-6-16(15)23)17(20(26)21(24)27)19(25)13-7-9-14(22)10-8-13/h2-3,5-10,18,25H,4,11-12H2,1H3/b19-17+. The summed E-state index contributed by atoms with van der Waals surface area (Å²) in [6.07, 6.45) is 0.468. The van der Waals surface area contributed by atoms with Gasteiger partial charge in [-0.25, -0.2) is 4.39 Å². The summed E-state index contributed by atoms with van der Waals surface area (Å²) in [5, 5.41) is 11.3. The van der Waals surface area contributed by atoms with Gasteiger partial charge in [0.05, 0.1) is 11.6 Å². The highest BCUT2D eigenvalue weighted by atomic mass is 35.5. The number of methoxy groups -OCH3 is 1. The van der Waals surface area contributed by atoms with E-state index in [0.29, 0.717) is 23.6 Å². The van der Waals surface area contributed by atoms with Crippen molar-refractivity contribution < 1.29 is 23.8 Å². The normalized spacial score (nSPS) is 18.7. The number of rotatable bonds is 6. The van der Waals surface area contributed by atoms with E-state index < -0.39 is 23.5 Å². The van der Waals surface area contributed by atoms with E-state index >= 15 is 0 Å².